The summed E-state index contributed by atoms with van der Waals surface area (Å²) in [5.74, 6) is 0.715. The summed E-state index contributed by atoms with van der Waals surface area (Å²) in [4.78, 5) is 17.4. The Kier molecular flexibility index (Phi) is 4.59. The number of nitrogens with zero attached hydrogens (tertiary/aromatic N) is 2. The summed E-state index contributed by atoms with van der Waals surface area (Å²) in [6.07, 6.45) is 0.914. The van der Waals surface area contributed by atoms with Crippen LogP contribution in [0, 0.1) is 0 Å². The maximum atomic E-state index is 13.0. The highest BCUT2D eigenvalue weighted by molar-refractivity contribution is 5.77. The lowest BCUT2D eigenvalue weighted by molar-refractivity contribution is -0.106. The van der Waals surface area contributed by atoms with Gasteiger partial charge >= 0.3 is 0 Å². The highest BCUT2D eigenvalue weighted by atomic mass is 16.7. The number of ether oxygens (including phenoxy) is 3. The number of hydrogen-bond acceptors (Lipinski definition) is 5. The van der Waals surface area contributed by atoms with Crippen molar-refractivity contribution in [3.05, 3.63) is 64.6 Å². The van der Waals surface area contributed by atoms with E-state index in [0.717, 1.165) is 5.39 Å². The standard InChI is InChI=1S/C18H18N2O4/c1-22-14-8-6-13(7-9-14)20-16-12(5-4-10-19-16)11-15(17(20)21)18(23-2)24-3/h4-11,18H,1-3H3. The van der Waals surface area contributed by atoms with Gasteiger partial charge in [-0.15, -0.1) is 0 Å². The van der Waals surface area contributed by atoms with Crippen molar-refractivity contribution >= 4 is 11.0 Å². The average molecular weight is 326 g/mol. The van der Waals surface area contributed by atoms with Crippen LogP contribution in [0.5, 0.6) is 5.75 Å². The Balaban J connectivity index is 2.31. The fourth-order valence-corrected chi connectivity index (χ4v) is 2.65. The highest BCUT2D eigenvalue weighted by Gasteiger charge is 2.19. The number of hydrogen-bond donors (Lipinski definition) is 0. The number of rotatable bonds is 5. The third-order valence-corrected chi connectivity index (χ3v) is 3.80. The molecule has 0 amide bonds. The predicted molar refractivity (Wildman–Crippen MR) is 90.7 cm³/mol. The van der Waals surface area contributed by atoms with E-state index in [1.807, 2.05) is 24.3 Å². The number of fused-ring (bicyclic) bond motifs is 1. The van der Waals surface area contributed by atoms with E-state index in [2.05, 4.69) is 4.98 Å². The van der Waals surface area contributed by atoms with E-state index in [-0.39, 0.29) is 5.56 Å². The zero-order valence-electron chi connectivity index (χ0n) is 13.7. The van der Waals surface area contributed by atoms with Crippen molar-refractivity contribution in [3.63, 3.8) is 0 Å². The molecule has 2 aromatic heterocycles. The SMILES string of the molecule is COc1ccc(-n2c(=O)c(C(OC)OC)cc3cccnc32)cc1. The molecule has 0 saturated heterocycles. The van der Waals surface area contributed by atoms with Gasteiger partial charge < -0.3 is 14.2 Å². The van der Waals surface area contributed by atoms with Crippen molar-refractivity contribution in [3.8, 4) is 11.4 Å². The molecule has 3 aromatic rings. The van der Waals surface area contributed by atoms with Gasteiger partial charge in [0.05, 0.1) is 18.4 Å². The lowest BCUT2D eigenvalue weighted by Gasteiger charge is -2.17. The van der Waals surface area contributed by atoms with Crippen LogP contribution < -0.4 is 10.3 Å². The van der Waals surface area contributed by atoms with Gasteiger partial charge in [0, 0.05) is 25.8 Å². The summed E-state index contributed by atoms with van der Waals surface area (Å²) in [5.41, 5.74) is 1.44. The molecule has 0 N–H and O–H groups in total. The first-order valence-corrected chi connectivity index (χ1v) is 7.40. The molecule has 0 aliphatic heterocycles. The van der Waals surface area contributed by atoms with E-state index >= 15 is 0 Å². The molecular weight excluding hydrogens is 308 g/mol. The molecule has 0 spiro atoms. The fraction of sp³-hybridized carbons (Fsp3) is 0.222. The van der Waals surface area contributed by atoms with E-state index in [4.69, 9.17) is 14.2 Å². The van der Waals surface area contributed by atoms with Gasteiger partial charge in [0.25, 0.3) is 5.56 Å². The summed E-state index contributed by atoms with van der Waals surface area (Å²) >= 11 is 0. The van der Waals surface area contributed by atoms with Gasteiger partial charge in [-0.25, -0.2) is 4.98 Å². The van der Waals surface area contributed by atoms with Gasteiger partial charge in [0.2, 0.25) is 0 Å². The summed E-state index contributed by atoms with van der Waals surface area (Å²) in [5, 5.41) is 0.821. The van der Waals surface area contributed by atoms with Crippen LogP contribution in [0.3, 0.4) is 0 Å². The second-order valence-electron chi connectivity index (χ2n) is 5.16. The van der Waals surface area contributed by atoms with Crippen molar-refractivity contribution in [1.82, 2.24) is 9.55 Å². The molecule has 0 radical (unpaired) electrons. The molecule has 24 heavy (non-hydrogen) atoms. The quantitative estimate of drug-likeness (QED) is 0.675. The van der Waals surface area contributed by atoms with Gasteiger partial charge in [-0.1, -0.05) is 0 Å². The Morgan fingerprint density at radius 3 is 2.38 bits per heavy atom. The van der Waals surface area contributed by atoms with Crippen molar-refractivity contribution in [1.29, 1.82) is 0 Å². The van der Waals surface area contributed by atoms with Crippen LogP contribution in [-0.2, 0) is 9.47 Å². The fourth-order valence-electron chi connectivity index (χ4n) is 2.65. The van der Waals surface area contributed by atoms with E-state index in [1.165, 1.54) is 14.2 Å². The van der Waals surface area contributed by atoms with Crippen LogP contribution in [0.15, 0.2) is 53.5 Å². The van der Waals surface area contributed by atoms with Crippen molar-refractivity contribution in [2.45, 2.75) is 6.29 Å². The summed E-state index contributed by atoms with van der Waals surface area (Å²) in [7, 11) is 4.60. The topological polar surface area (TPSA) is 62.6 Å². The predicted octanol–water partition coefficient (Wildman–Crippen LogP) is 2.69. The van der Waals surface area contributed by atoms with Crippen molar-refractivity contribution in [2.75, 3.05) is 21.3 Å². The van der Waals surface area contributed by atoms with Gasteiger partial charge in [0.15, 0.2) is 6.29 Å². The zero-order chi connectivity index (χ0) is 17.1. The van der Waals surface area contributed by atoms with E-state index in [0.29, 0.717) is 22.6 Å². The average Bonchev–Trinajstić information content (AvgIpc) is 2.63. The Bertz CT molecular complexity index is 899. The van der Waals surface area contributed by atoms with Crippen LogP contribution in [0.2, 0.25) is 0 Å². The first-order valence-electron chi connectivity index (χ1n) is 7.40. The molecule has 0 unspecified atom stereocenters. The highest BCUT2D eigenvalue weighted by Crippen LogP contribution is 2.22. The third-order valence-electron chi connectivity index (χ3n) is 3.80. The molecule has 0 atom stereocenters. The van der Waals surface area contributed by atoms with Crippen molar-refractivity contribution in [2.24, 2.45) is 0 Å². The summed E-state index contributed by atoms with van der Waals surface area (Å²) in [6, 6.07) is 12.7. The minimum atomic E-state index is -0.744. The Labute approximate surface area is 139 Å². The molecular formula is C18H18N2O4. The molecule has 2 heterocycles. The van der Waals surface area contributed by atoms with Gasteiger partial charge in [-0.3, -0.25) is 9.36 Å². The second-order valence-corrected chi connectivity index (χ2v) is 5.16. The lowest BCUT2D eigenvalue weighted by atomic mass is 10.1. The largest absolute Gasteiger partial charge is 0.497 e. The minimum absolute atomic E-state index is 0.236. The van der Waals surface area contributed by atoms with Gasteiger partial charge in [0.1, 0.15) is 11.4 Å². The summed E-state index contributed by atoms with van der Waals surface area (Å²) in [6.45, 7) is 0. The van der Waals surface area contributed by atoms with Crippen LogP contribution in [-0.4, -0.2) is 30.9 Å². The van der Waals surface area contributed by atoms with E-state index in [1.54, 1.807) is 36.1 Å². The minimum Gasteiger partial charge on any atom is -0.497 e. The molecule has 1 aromatic carbocycles. The van der Waals surface area contributed by atoms with E-state index < -0.39 is 6.29 Å². The first-order chi connectivity index (χ1) is 11.7. The van der Waals surface area contributed by atoms with Crippen molar-refractivity contribution < 1.29 is 14.2 Å². The monoisotopic (exact) mass is 326 g/mol. The molecule has 0 bridgehead atoms. The number of methoxy groups -OCH3 is 3. The lowest BCUT2D eigenvalue weighted by Crippen LogP contribution is -2.26. The second kappa shape index (κ2) is 6.82. The zero-order valence-corrected chi connectivity index (χ0v) is 13.7. The van der Waals surface area contributed by atoms with Gasteiger partial charge in [-0.05, 0) is 42.5 Å². The van der Waals surface area contributed by atoms with Crippen LogP contribution in [0.1, 0.15) is 11.9 Å². The molecule has 6 nitrogen and oxygen atoms in total. The first kappa shape index (κ1) is 16.2. The van der Waals surface area contributed by atoms with Crippen LogP contribution >= 0.6 is 0 Å². The molecule has 0 aliphatic rings. The molecule has 0 fully saturated rings. The Hall–Kier alpha value is -2.70. The molecule has 124 valence electrons. The third kappa shape index (κ3) is 2.77. The van der Waals surface area contributed by atoms with Crippen LogP contribution in [0.25, 0.3) is 16.7 Å². The Morgan fingerprint density at radius 1 is 1.04 bits per heavy atom. The number of pyridine rings is 2. The molecule has 0 saturated carbocycles. The molecule has 3 rings (SSSR count). The smallest absolute Gasteiger partial charge is 0.265 e. The van der Waals surface area contributed by atoms with Crippen LogP contribution in [0.4, 0.5) is 0 Å². The number of aromatic nitrogens is 2. The molecule has 0 aliphatic carbocycles. The normalized spacial score (nSPS) is 11.2. The van der Waals surface area contributed by atoms with E-state index in [9.17, 15) is 4.79 Å². The van der Waals surface area contributed by atoms with Gasteiger partial charge in [-0.2, -0.15) is 0 Å². The maximum absolute atomic E-state index is 13.0. The Morgan fingerprint density at radius 2 is 1.75 bits per heavy atom. The number of benzene rings is 1. The molecule has 6 heteroatoms. The summed E-state index contributed by atoms with van der Waals surface area (Å²) < 4.78 is 17.3. The maximum Gasteiger partial charge on any atom is 0.265 e.